The third-order valence-corrected chi connectivity index (χ3v) is 4.65. The van der Waals surface area contributed by atoms with Gasteiger partial charge >= 0.3 is 0 Å². The third kappa shape index (κ3) is 3.92. The molecule has 0 saturated carbocycles. The van der Waals surface area contributed by atoms with Crippen LogP contribution in [0.1, 0.15) is 37.7 Å². The standard InChI is InChI=1S/C19H25N5O2/c1-14(2)19(26)23-12-16-7-9-21-24(16)17(13-23)10-18(25)22(3)11-15-6-4-5-8-20-15/h4-9,14,17H,10-13H2,1-3H3/t17-/m1/s1. The Bertz CT molecular complexity index is 771. The van der Waals surface area contributed by atoms with Crippen LogP contribution in [0.25, 0.3) is 0 Å². The van der Waals surface area contributed by atoms with E-state index in [1.54, 1.807) is 24.3 Å². The average molecular weight is 355 g/mol. The van der Waals surface area contributed by atoms with E-state index in [4.69, 9.17) is 0 Å². The summed E-state index contributed by atoms with van der Waals surface area (Å²) in [6.07, 6.45) is 3.76. The Balaban J connectivity index is 1.69. The van der Waals surface area contributed by atoms with Gasteiger partial charge in [-0.2, -0.15) is 5.10 Å². The third-order valence-electron chi connectivity index (χ3n) is 4.65. The largest absolute Gasteiger partial charge is 0.340 e. The van der Waals surface area contributed by atoms with E-state index >= 15 is 0 Å². The van der Waals surface area contributed by atoms with Gasteiger partial charge in [-0.25, -0.2) is 0 Å². The molecule has 2 amide bonds. The Kier molecular flexibility index (Phi) is 5.35. The van der Waals surface area contributed by atoms with E-state index in [1.165, 1.54) is 0 Å². The van der Waals surface area contributed by atoms with Gasteiger partial charge in [-0.15, -0.1) is 0 Å². The monoisotopic (exact) mass is 355 g/mol. The normalized spacial score (nSPS) is 16.5. The minimum atomic E-state index is -0.143. The Morgan fingerprint density at radius 2 is 2.08 bits per heavy atom. The van der Waals surface area contributed by atoms with Crippen molar-refractivity contribution in [2.75, 3.05) is 13.6 Å². The van der Waals surface area contributed by atoms with Crippen LogP contribution in [0, 0.1) is 5.92 Å². The maximum absolute atomic E-state index is 12.7. The fourth-order valence-corrected chi connectivity index (χ4v) is 3.25. The van der Waals surface area contributed by atoms with E-state index in [0.29, 0.717) is 26.1 Å². The number of carbonyl (C=O) groups is 2. The number of nitrogens with zero attached hydrogens (tertiary/aromatic N) is 5. The summed E-state index contributed by atoms with van der Waals surface area (Å²) in [5.41, 5.74) is 1.82. The van der Waals surface area contributed by atoms with Gasteiger partial charge in [0.15, 0.2) is 0 Å². The lowest BCUT2D eigenvalue weighted by atomic mass is 10.1. The Morgan fingerprint density at radius 1 is 1.27 bits per heavy atom. The average Bonchev–Trinajstić information content (AvgIpc) is 3.10. The maximum atomic E-state index is 12.7. The molecule has 26 heavy (non-hydrogen) atoms. The summed E-state index contributed by atoms with van der Waals surface area (Å²) >= 11 is 0. The molecule has 0 spiro atoms. The van der Waals surface area contributed by atoms with Crippen molar-refractivity contribution in [2.24, 2.45) is 5.92 Å². The Labute approximate surface area is 153 Å². The van der Waals surface area contributed by atoms with Crippen LogP contribution in [0.4, 0.5) is 0 Å². The summed E-state index contributed by atoms with van der Waals surface area (Å²) < 4.78 is 1.89. The minimum absolute atomic E-state index is 0.0148. The molecule has 3 rings (SSSR count). The van der Waals surface area contributed by atoms with Crippen molar-refractivity contribution in [1.29, 1.82) is 0 Å². The topological polar surface area (TPSA) is 71.3 Å². The van der Waals surface area contributed by atoms with Gasteiger partial charge in [0.2, 0.25) is 11.8 Å². The van der Waals surface area contributed by atoms with Gasteiger partial charge < -0.3 is 9.80 Å². The molecule has 1 aliphatic heterocycles. The van der Waals surface area contributed by atoms with Crippen molar-refractivity contribution in [2.45, 2.75) is 39.4 Å². The van der Waals surface area contributed by atoms with Crippen molar-refractivity contribution < 1.29 is 9.59 Å². The summed E-state index contributed by atoms with van der Waals surface area (Å²) in [6.45, 7) is 5.32. The highest BCUT2D eigenvalue weighted by atomic mass is 16.2. The van der Waals surface area contributed by atoms with Crippen molar-refractivity contribution in [3.8, 4) is 0 Å². The zero-order chi connectivity index (χ0) is 18.7. The van der Waals surface area contributed by atoms with Crippen LogP contribution >= 0.6 is 0 Å². The van der Waals surface area contributed by atoms with E-state index in [9.17, 15) is 9.59 Å². The fourth-order valence-electron chi connectivity index (χ4n) is 3.25. The van der Waals surface area contributed by atoms with Gasteiger partial charge in [-0.3, -0.25) is 19.3 Å². The van der Waals surface area contributed by atoms with E-state index in [1.807, 2.05) is 47.7 Å². The molecule has 0 aromatic carbocycles. The van der Waals surface area contributed by atoms with Gasteiger partial charge in [0.1, 0.15) is 0 Å². The highest BCUT2D eigenvalue weighted by molar-refractivity contribution is 5.79. The first kappa shape index (κ1) is 18.1. The quantitative estimate of drug-likeness (QED) is 0.821. The zero-order valence-corrected chi connectivity index (χ0v) is 15.5. The molecule has 0 radical (unpaired) electrons. The first-order chi connectivity index (χ1) is 12.5. The molecule has 0 unspecified atom stereocenters. The molecule has 2 aromatic rings. The predicted octanol–water partition coefficient (Wildman–Crippen LogP) is 1.87. The van der Waals surface area contributed by atoms with Crippen LogP contribution in [0.5, 0.6) is 0 Å². The first-order valence-corrected chi connectivity index (χ1v) is 8.90. The smallest absolute Gasteiger partial charge is 0.225 e. The van der Waals surface area contributed by atoms with Gasteiger partial charge in [0.05, 0.1) is 36.9 Å². The number of carbonyl (C=O) groups excluding carboxylic acids is 2. The van der Waals surface area contributed by atoms with Crippen molar-refractivity contribution in [3.63, 3.8) is 0 Å². The second-order valence-electron chi connectivity index (χ2n) is 7.07. The van der Waals surface area contributed by atoms with Crippen LogP contribution in [0.15, 0.2) is 36.7 Å². The molecule has 138 valence electrons. The van der Waals surface area contributed by atoms with Crippen LogP contribution in [0.3, 0.4) is 0 Å². The summed E-state index contributed by atoms with van der Waals surface area (Å²) in [7, 11) is 1.78. The first-order valence-electron chi connectivity index (χ1n) is 8.90. The number of hydrogen-bond donors (Lipinski definition) is 0. The predicted molar refractivity (Wildman–Crippen MR) is 96.8 cm³/mol. The molecule has 0 fully saturated rings. The molecular formula is C19H25N5O2. The lowest BCUT2D eigenvalue weighted by Crippen LogP contribution is -2.44. The van der Waals surface area contributed by atoms with Gasteiger partial charge in [0.25, 0.3) is 0 Å². The van der Waals surface area contributed by atoms with Crippen molar-refractivity contribution in [3.05, 3.63) is 48.0 Å². The highest BCUT2D eigenvalue weighted by Crippen LogP contribution is 2.25. The summed E-state index contributed by atoms with van der Waals surface area (Å²) in [6, 6.07) is 7.43. The molecule has 1 atom stereocenters. The number of rotatable bonds is 5. The number of fused-ring (bicyclic) bond motifs is 1. The molecule has 7 heteroatoms. The van der Waals surface area contributed by atoms with Crippen LogP contribution < -0.4 is 0 Å². The Morgan fingerprint density at radius 3 is 2.77 bits per heavy atom. The molecule has 0 saturated heterocycles. The number of pyridine rings is 1. The summed E-state index contributed by atoms with van der Waals surface area (Å²) in [4.78, 5) is 32.9. The van der Waals surface area contributed by atoms with Gasteiger partial charge in [0, 0.05) is 31.9 Å². The second kappa shape index (κ2) is 7.68. The molecular weight excluding hydrogens is 330 g/mol. The summed E-state index contributed by atoms with van der Waals surface area (Å²) in [5, 5.41) is 4.37. The lowest BCUT2D eigenvalue weighted by Gasteiger charge is -2.35. The van der Waals surface area contributed by atoms with E-state index in [-0.39, 0.29) is 23.8 Å². The summed E-state index contributed by atoms with van der Waals surface area (Å²) in [5.74, 6) is 0.0605. The highest BCUT2D eigenvalue weighted by Gasteiger charge is 2.31. The molecule has 3 heterocycles. The maximum Gasteiger partial charge on any atom is 0.225 e. The number of amides is 2. The fraction of sp³-hybridized carbons (Fsp3) is 0.474. The molecule has 7 nitrogen and oxygen atoms in total. The molecule has 2 aromatic heterocycles. The lowest BCUT2D eigenvalue weighted by molar-refractivity contribution is -0.138. The van der Waals surface area contributed by atoms with Crippen molar-refractivity contribution >= 4 is 11.8 Å². The number of aromatic nitrogens is 3. The van der Waals surface area contributed by atoms with Gasteiger partial charge in [-0.05, 0) is 18.2 Å². The molecule has 1 aliphatic rings. The second-order valence-corrected chi connectivity index (χ2v) is 7.07. The molecule has 0 bridgehead atoms. The minimum Gasteiger partial charge on any atom is -0.340 e. The van der Waals surface area contributed by atoms with E-state index in [2.05, 4.69) is 10.1 Å². The van der Waals surface area contributed by atoms with Crippen LogP contribution in [0.2, 0.25) is 0 Å². The van der Waals surface area contributed by atoms with E-state index in [0.717, 1.165) is 11.4 Å². The molecule has 0 aliphatic carbocycles. The van der Waals surface area contributed by atoms with Gasteiger partial charge in [-0.1, -0.05) is 19.9 Å². The van der Waals surface area contributed by atoms with E-state index < -0.39 is 0 Å². The zero-order valence-electron chi connectivity index (χ0n) is 15.5. The number of hydrogen-bond acceptors (Lipinski definition) is 4. The van der Waals surface area contributed by atoms with Crippen LogP contribution in [-0.4, -0.2) is 50.0 Å². The Hall–Kier alpha value is -2.70. The van der Waals surface area contributed by atoms with Crippen LogP contribution in [-0.2, 0) is 22.7 Å². The van der Waals surface area contributed by atoms with Crippen molar-refractivity contribution in [1.82, 2.24) is 24.6 Å². The molecule has 0 N–H and O–H groups in total. The SMILES string of the molecule is CC(C)C(=O)N1Cc2ccnn2[C@H](CC(=O)N(C)Cc2ccccn2)C1.